The van der Waals surface area contributed by atoms with Crippen molar-refractivity contribution in [2.45, 2.75) is 12.7 Å². The number of anilines is 1. The number of rotatable bonds is 7. The second-order valence-corrected chi connectivity index (χ2v) is 4.92. The minimum atomic E-state index is -0.497. The zero-order valence-electron chi connectivity index (χ0n) is 12.5. The maximum Gasteiger partial charge on any atom is 0.292 e. The highest BCUT2D eigenvalue weighted by Gasteiger charge is 2.16. The van der Waals surface area contributed by atoms with Gasteiger partial charge in [0.1, 0.15) is 11.5 Å². The molecule has 0 aromatic heterocycles. The molecular weight excluding hydrogens is 303 g/mol. The minimum Gasteiger partial charge on any atom is -0.392 e. The summed E-state index contributed by atoms with van der Waals surface area (Å²) in [6.45, 7) is 0.0518. The Kier molecular flexibility index (Phi) is 5.61. The van der Waals surface area contributed by atoms with Gasteiger partial charge in [0.2, 0.25) is 0 Å². The van der Waals surface area contributed by atoms with Gasteiger partial charge in [-0.05, 0) is 35.4 Å². The van der Waals surface area contributed by atoms with Gasteiger partial charge in [0.25, 0.3) is 5.69 Å². The van der Waals surface area contributed by atoms with Crippen LogP contribution in [0.1, 0.15) is 17.2 Å². The topological polar surface area (TPSA) is 84.6 Å². The standard InChI is InChI=1S/C16H17FN2O4/c1-23-16(12-3-5-13(17)6-4-12)9-18-14-8-11(10-20)2-7-15(14)19(21)22/h2-8,16,18,20H,9-10H2,1H3. The highest BCUT2D eigenvalue weighted by molar-refractivity contribution is 5.62. The largest absolute Gasteiger partial charge is 0.392 e. The number of hydrogen-bond donors (Lipinski definition) is 2. The first-order valence-electron chi connectivity index (χ1n) is 6.95. The average Bonchev–Trinajstić information content (AvgIpc) is 2.56. The van der Waals surface area contributed by atoms with E-state index in [1.54, 1.807) is 12.1 Å². The average molecular weight is 320 g/mol. The fourth-order valence-corrected chi connectivity index (χ4v) is 2.20. The molecule has 0 aliphatic rings. The molecule has 6 nitrogen and oxygen atoms in total. The van der Waals surface area contributed by atoms with Crippen molar-refractivity contribution in [3.63, 3.8) is 0 Å². The predicted molar refractivity (Wildman–Crippen MR) is 83.7 cm³/mol. The van der Waals surface area contributed by atoms with Crippen LogP contribution in [0.5, 0.6) is 0 Å². The van der Waals surface area contributed by atoms with E-state index in [0.29, 0.717) is 11.3 Å². The number of ether oxygens (including phenoxy) is 1. The Morgan fingerprint density at radius 3 is 2.57 bits per heavy atom. The van der Waals surface area contributed by atoms with Crippen molar-refractivity contribution in [2.24, 2.45) is 0 Å². The summed E-state index contributed by atoms with van der Waals surface area (Å²) in [4.78, 5) is 10.6. The summed E-state index contributed by atoms with van der Waals surface area (Å²) in [6.07, 6.45) is -0.395. The number of hydrogen-bond acceptors (Lipinski definition) is 5. The molecule has 0 saturated carbocycles. The van der Waals surface area contributed by atoms with Crippen LogP contribution in [0.25, 0.3) is 0 Å². The first-order valence-corrected chi connectivity index (χ1v) is 6.95. The molecule has 0 bridgehead atoms. The number of aliphatic hydroxyl groups excluding tert-OH is 1. The first-order chi connectivity index (χ1) is 11.0. The monoisotopic (exact) mass is 320 g/mol. The third-order valence-electron chi connectivity index (χ3n) is 3.44. The Labute approximate surface area is 132 Å². The third kappa shape index (κ3) is 4.24. The summed E-state index contributed by atoms with van der Waals surface area (Å²) >= 11 is 0. The van der Waals surface area contributed by atoms with Crippen LogP contribution in [0.4, 0.5) is 15.8 Å². The molecule has 0 radical (unpaired) electrons. The lowest BCUT2D eigenvalue weighted by molar-refractivity contribution is -0.384. The van der Waals surface area contributed by atoms with Crippen LogP contribution in [-0.4, -0.2) is 23.7 Å². The van der Waals surface area contributed by atoms with Crippen molar-refractivity contribution < 1.29 is 19.2 Å². The lowest BCUT2D eigenvalue weighted by Gasteiger charge is -2.17. The fraction of sp³-hybridized carbons (Fsp3) is 0.250. The molecule has 0 heterocycles. The number of nitrogens with one attached hydrogen (secondary N) is 1. The molecule has 0 spiro atoms. The van der Waals surface area contributed by atoms with Crippen molar-refractivity contribution in [1.82, 2.24) is 0 Å². The zero-order chi connectivity index (χ0) is 16.8. The van der Waals surface area contributed by atoms with Gasteiger partial charge in [0.15, 0.2) is 0 Å². The molecule has 23 heavy (non-hydrogen) atoms. The number of nitrogens with zero attached hydrogens (tertiary/aromatic N) is 1. The number of methoxy groups -OCH3 is 1. The van der Waals surface area contributed by atoms with Gasteiger partial charge in [-0.15, -0.1) is 0 Å². The normalized spacial score (nSPS) is 12.0. The van der Waals surface area contributed by atoms with Gasteiger partial charge in [-0.3, -0.25) is 10.1 Å². The molecule has 2 rings (SSSR count). The maximum atomic E-state index is 13.0. The first kappa shape index (κ1) is 16.9. The highest BCUT2D eigenvalue weighted by Crippen LogP contribution is 2.27. The Balaban J connectivity index is 2.17. The van der Waals surface area contributed by atoms with E-state index in [1.807, 2.05) is 0 Å². The maximum absolute atomic E-state index is 13.0. The van der Waals surface area contributed by atoms with Crippen LogP contribution >= 0.6 is 0 Å². The summed E-state index contributed by atoms with van der Waals surface area (Å²) in [6, 6.07) is 10.2. The molecule has 0 saturated heterocycles. The third-order valence-corrected chi connectivity index (χ3v) is 3.44. The molecule has 1 atom stereocenters. The van der Waals surface area contributed by atoms with E-state index in [1.165, 1.54) is 37.4 Å². The lowest BCUT2D eigenvalue weighted by Crippen LogP contribution is -2.15. The van der Waals surface area contributed by atoms with E-state index in [9.17, 15) is 14.5 Å². The minimum absolute atomic E-state index is 0.0869. The van der Waals surface area contributed by atoms with Crippen LogP contribution in [0, 0.1) is 15.9 Å². The highest BCUT2D eigenvalue weighted by atomic mass is 19.1. The lowest BCUT2D eigenvalue weighted by atomic mass is 10.1. The van der Waals surface area contributed by atoms with Gasteiger partial charge in [-0.2, -0.15) is 0 Å². The summed E-state index contributed by atoms with van der Waals surface area (Å²) in [5.41, 5.74) is 1.53. The predicted octanol–water partition coefficient (Wildman–Crippen LogP) is 3.03. The summed E-state index contributed by atoms with van der Waals surface area (Å²) < 4.78 is 18.3. The second kappa shape index (κ2) is 7.66. The van der Waals surface area contributed by atoms with E-state index in [2.05, 4.69) is 5.32 Å². The molecule has 7 heteroatoms. The molecule has 0 fully saturated rings. The van der Waals surface area contributed by atoms with Gasteiger partial charge >= 0.3 is 0 Å². The number of nitro groups is 1. The van der Waals surface area contributed by atoms with Gasteiger partial charge in [0, 0.05) is 19.7 Å². The van der Waals surface area contributed by atoms with Gasteiger partial charge in [-0.1, -0.05) is 12.1 Å². The molecular formula is C16H17FN2O4. The molecule has 122 valence electrons. The SMILES string of the molecule is COC(CNc1cc(CO)ccc1[N+](=O)[O-])c1ccc(F)cc1. The molecule has 0 amide bonds. The summed E-state index contributed by atoms with van der Waals surface area (Å²) in [5, 5.41) is 23.2. The van der Waals surface area contributed by atoms with Crippen LogP contribution in [0.15, 0.2) is 42.5 Å². The molecule has 2 aromatic rings. The zero-order valence-corrected chi connectivity index (χ0v) is 12.5. The van der Waals surface area contributed by atoms with Crippen molar-refractivity contribution in [3.8, 4) is 0 Å². The molecule has 2 N–H and O–H groups in total. The number of nitro benzene ring substituents is 1. The van der Waals surface area contributed by atoms with E-state index < -0.39 is 11.0 Å². The van der Waals surface area contributed by atoms with E-state index in [0.717, 1.165) is 5.56 Å². The van der Waals surface area contributed by atoms with Crippen LogP contribution in [0.3, 0.4) is 0 Å². The van der Waals surface area contributed by atoms with Gasteiger partial charge in [0.05, 0.1) is 17.6 Å². The van der Waals surface area contributed by atoms with E-state index in [-0.39, 0.29) is 24.7 Å². The van der Waals surface area contributed by atoms with Crippen LogP contribution in [0.2, 0.25) is 0 Å². The Morgan fingerprint density at radius 2 is 2.00 bits per heavy atom. The molecule has 0 aliphatic carbocycles. The van der Waals surface area contributed by atoms with Crippen LogP contribution < -0.4 is 5.32 Å². The summed E-state index contributed by atoms with van der Waals surface area (Å²) in [5.74, 6) is -0.345. The second-order valence-electron chi connectivity index (χ2n) is 4.92. The van der Waals surface area contributed by atoms with E-state index in [4.69, 9.17) is 9.84 Å². The Morgan fingerprint density at radius 1 is 1.30 bits per heavy atom. The number of benzene rings is 2. The number of halogens is 1. The molecule has 0 aliphatic heterocycles. The Hall–Kier alpha value is -2.51. The van der Waals surface area contributed by atoms with Crippen molar-refractivity contribution in [1.29, 1.82) is 0 Å². The smallest absolute Gasteiger partial charge is 0.292 e. The molecule has 2 aromatic carbocycles. The van der Waals surface area contributed by atoms with Gasteiger partial charge < -0.3 is 15.2 Å². The van der Waals surface area contributed by atoms with E-state index >= 15 is 0 Å². The summed E-state index contributed by atoms with van der Waals surface area (Å²) in [7, 11) is 1.51. The van der Waals surface area contributed by atoms with Crippen molar-refractivity contribution >= 4 is 11.4 Å². The van der Waals surface area contributed by atoms with Crippen molar-refractivity contribution in [3.05, 3.63) is 69.5 Å². The fourth-order valence-electron chi connectivity index (χ4n) is 2.20. The van der Waals surface area contributed by atoms with Crippen molar-refractivity contribution in [2.75, 3.05) is 19.0 Å². The molecule has 1 unspecified atom stereocenters. The number of aliphatic hydroxyl groups is 1. The van der Waals surface area contributed by atoms with Crippen LogP contribution in [-0.2, 0) is 11.3 Å². The Bertz CT molecular complexity index is 676. The van der Waals surface area contributed by atoms with Gasteiger partial charge in [-0.25, -0.2) is 4.39 Å². The quantitative estimate of drug-likeness (QED) is 0.605.